The standard InChI is InChI=1S/C16H20N2OS/c1-11(2)17-16(19)13-6-4-7-14(10-13)18-12(3)15-8-5-9-20-15/h4-12,18H,1-3H3,(H,17,19). The zero-order chi connectivity index (χ0) is 14.5. The van der Waals surface area contributed by atoms with Gasteiger partial charge in [0.25, 0.3) is 5.91 Å². The van der Waals surface area contributed by atoms with Crippen molar-refractivity contribution in [3.8, 4) is 0 Å². The van der Waals surface area contributed by atoms with Crippen LogP contribution in [0.25, 0.3) is 0 Å². The second kappa shape index (κ2) is 6.57. The summed E-state index contributed by atoms with van der Waals surface area (Å²) in [6.07, 6.45) is 0. The van der Waals surface area contributed by atoms with Crippen LogP contribution in [0.1, 0.15) is 42.0 Å². The molecule has 0 spiro atoms. The molecule has 0 aliphatic heterocycles. The maximum atomic E-state index is 12.0. The third-order valence-corrected chi connectivity index (χ3v) is 3.95. The zero-order valence-corrected chi connectivity index (χ0v) is 12.8. The van der Waals surface area contributed by atoms with Gasteiger partial charge in [-0.15, -0.1) is 11.3 Å². The maximum Gasteiger partial charge on any atom is 0.251 e. The van der Waals surface area contributed by atoms with E-state index in [1.165, 1.54) is 4.88 Å². The van der Waals surface area contributed by atoms with Crippen LogP contribution in [-0.4, -0.2) is 11.9 Å². The number of carbonyl (C=O) groups excluding carboxylic acids is 1. The summed E-state index contributed by atoms with van der Waals surface area (Å²) in [6, 6.07) is 12.1. The maximum absolute atomic E-state index is 12.0. The van der Waals surface area contributed by atoms with Gasteiger partial charge in [-0.3, -0.25) is 4.79 Å². The number of rotatable bonds is 5. The molecule has 1 unspecified atom stereocenters. The molecule has 0 radical (unpaired) electrons. The van der Waals surface area contributed by atoms with Crippen LogP contribution < -0.4 is 10.6 Å². The molecule has 1 aromatic carbocycles. The Morgan fingerprint density at radius 3 is 2.60 bits per heavy atom. The van der Waals surface area contributed by atoms with Gasteiger partial charge in [-0.1, -0.05) is 12.1 Å². The van der Waals surface area contributed by atoms with Crippen LogP contribution in [0.2, 0.25) is 0 Å². The van der Waals surface area contributed by atoms with Crippen LogP contribution in [0.5, 0.6) is 0 Å². The summed E-state index contributed by atoms with van der Waals surface area (Å²) in [7, 11) is 0. The van der Waals surface area contributed by atoms with Gasteiger partial charge in [0.2, 0.25) is 0 Å². The average molecular weight is 288 g/mol. The Labute approximate surface area is 124 Å². The normalized spacial score (nSPS) is 12.2. The van der Waals surface area contributed by atoms with E-state index in [2.05, 4.69) is 29.0 Å². The van der Waals surface area contributed by atoms with Gasteiger partial charge in [-0.25, -0.2) is 0 Å². The van der Waals surface area contributed by atoms with Crippen LogP contribution >= 0.6 is 11.3 Å². The van der Waals surface area contributed by atoms with Gasteiger partial charge in [-0.2, -0.15) is 0 Å². The highest BCUT2D eigenvalue weighted by Gasteiger charge is 2.09. The lowest BCUT2D eigenvalue weighted by Crippen LogP contribution is -2.30. The minimum absolute atomic E-state index is 0.0348. The van der Waals surface area contributed by atoms with Crippen LogP contribution in [0, 0.1) is 0 Å². The molecule has 0 fully saturated rings. The SMILES string of the molecule is CC(C)NC(=O)c1cccc(NC(C)c2cccs2)c1. The van der Waals surface area contributed by atoms with Gasteiger partial charge in [0.1, 0.15) is 0 Å². The first-order valence-corrected chi connectivity index (χ1v) is 7.65. The molecule has 3 nitrogen and oxygen atoms in total. The van der Waals surface area contributed by atoms with Crippen molar-refractivity contribution in [1.82, 2.24) is 5.32 Å². The Kier molecular flexibility index (Phi) is 4.79. The fraction of sp³-hybridized carbons (Fsp3) is 0.312. The van der Waals surface area contributed by atoms with Crippen LogP contribution in [0.15, 0.2) is 41.8 Å². The molecule has 0 bridgehead atoms. The predicted octanol–water partition coefficient (Wildman–Crippen LogP) is 4.06. The number of hydrogen-bond acceptors (Lipinski definition) is 3. The number of nitrogens with one attached hydrogen (secondary N) is 2. The highest BCUT2D eigenvalue weighted by atomic mass is 32.1. The summed E-state index contributed by atoms with van der Waals surface area (Å²) in [6.45, 7) is 6.03. The van der Waals surface area contributed by atoms with E-state index < -0.39 is 0 Å². The smallest absolute Gasteiger partial charge is 0.251 e. The first kappa shape index (κ1) is 14.6. The molecule has 20 heavy (non-hydrogen) atoms. The van der Waals surface area contributed by atoms with Crippen molar-refractivity contribution in [2.24, 2.45) is 0 Å². The topological polar surface area (TPSA) is 41.1 Å². The van der Waals surface area contributed by atoms with Crippen molar-refractivity contribution < 1.29 is 4.79 Å². The summed E-state index contributed by atoms with van der Waals surface area (Å²) in [5, 5.41) is 8.40. The summed E-state index contributed by atoms with van der Waals surface area (Å²) in [5.74, 6) is -0.0348. The molecule has 0 aliphatic carbocycles. The van der Waals surface area contributed by atoms with Gasteiger partial charge >= 0.3 is 0 Å². The first-order chi connectivity index (χ1) is 9.56. The van der Waals surface area contributed by atoms with E-state index in [0.29, 0.717) is 5.56 Å². The third-order valence-electron chi connectivity index (χ3n) is 2.90. The molecule has 1 amide bonds. The molecule has 4 heteroatoms. The quantitative estimate of drug-likeness (QED) is 0.871. The molecule has 0 saturated carbocycles. The van der Waals surface area contributed by atoms with Crippen molar-refractivity contribution in [3.63, 3.8) is 0 Å². The van der Waals surface area contributed by atoms with E-state index in [1.54, 1.807) is 11.3 Å². The van der Waals surface area contributed by atoms with E-state index in [4.69, 9.17) is 0 Å². The Hall–Kier alpha value is -1.81. The van der Waals surface area contributed by atoms with Crippen molar-refractivity contribution in [3.05, 3.63) is 52.2 Å². The Morgan fingerprint density at radius 2 is 1.95 bits per heavy atom. The second-order valence-electron chi connectivity index (χ2n) is 5.09. The minimum atomic E-state index is -0.0348. The number of benzene rings is 1. The lowest BCUT2D eigenvalue weighted by molar-refractivity contribution is 0.0943. The van der Waals surface area contributed by atoms with Gasteiger partial charge < -0.3 is 10.6 Å². The molecule has 1 atom stereocenters. The van der Waals surface area contributed by atoms with Crippen molar-refractivity contribution in [2.75, 3.05) is 5.32 Å². The van der Waals surface area contributed by atoms with Gasteiger partial charge in [0.15, 0.2) is 0 Å². The van der Waals surface area contributed by atoms with Gasteiger partial charge in [0.05, 0.1) is 6.04 Å². The molecule has 0 saturated heterocycles. The Morgan fingerprint density at radius 1 is 1.15 bits per heavy atom. The first-order valence-electron chi connectivity index (χ1n) is 6.77. The number of hydrogen-bond donors (Lipinski definition) is 2. The molecule has 2 aromatic rings. The molecule has 0 aliphatic rings. The number of thiophene rings is 1. The van der Waals surface area contributed by atoms with Crippen LogP contribution in [0.3, 0.4) is 0 Å². The number of anilines is 1. The van der Waals surface area contributed by atoms with Crippen molar-refractivity contribution in [2.45, 2.75) is 32.9 Å². The molecule has 1 aromatic heterocycles. The summed E-state index contributed by atoms with van der Waals surface area (Å²) in [4.78, 5) is 13.3. The van der Waals surface area contributed by atoms with Crippen molar-refractivity contribution in [1.29, 1.82) is 0 Å². The average Bonchev–Trinajstić information content (AvgIpc) is 2.92. The second-order valence-corrected chi connectivity index (χ2v) is 6.07. The largest absolute Gasteiger partial charge is 0.378 e. The summed E-state index contributed by atoms with van der Waals surface area (Å²) in [5.41, 5.74) is 1.64. The van der Waals surface area contributed by atoms with E-state index >= 15 is 0 Å². The van der Waals surface area contributed by atoms with E-state index in [9.17, 15) is 4.79 Å². The van der Waals surface area contributed by atoms with E-state index in [0.717, 1.165) is 5.69 Å². The van der Waals surface area contributed by atoms with Crippen LogP contribution in [0.4, 0.5) is 5.69 Å². The van der Waals surface area contributed by atoms with Gasteiger partial charge in [-0.05, 0) is 50.4 Å². The molecule has 106 valence electrons. The molecule has 2 rings (SSSR count). The van der Waals surface area contributed by atoms with E-state index in [1.807, 2.05) is 44.2 Å². The summed E-state index contributed by atoms with van der Waals surface area (Å²) < 4.78 is 0. The van der Waals surface area contributed by atoms with Gasteiger partial charge in [0, 0.05) is 22.2 Å². The minimum Gasteiger partial charge on any atom is -0.378 e. The molecular weight excluding hydrogens is 268 g/mol. The fourth-order valence-electron chi connectivity index (χ4n) is 1.95. The number of carbonyl (C=O) groups is 1. The lowest BCUT2D eigenvalue weighted by Gasteiger charge is -2.15. The highest BCUT2D eigenvalue weighted by Crippen LogP contribution is 2.23. The molecular formula is C16H20N2OS. The molecule has 1 heterocycles. The van der Waals surface area contributed by atoms with Crippen LogP contribution in [-0.2, 0) is 0 Å². The monoisotopic (exact) mass is 288 g/mol. The lowest BCUT2D eigenvalue weighted by atomic mass is 10.1. The Balaban J connectivity index is 2.08. The zero-order valence-electron chi connectivity index (χ0n) is 12.0. The molecule has 2 N–H and O–H groups in total. The number of amides is 1. The third kappa shape index (κ3) is 3.84. The van der Waals surface area contributed by atoms with Crippen molar-refractivity contribution >= 4 is 22.9 Å². The Bertz CT molecular complexity index is 564. The predicted molar refractivity (Wildman–Crippen MR) is 85.4 cm³/mol. The highest BCUT2D eigenvalue weighted by molar-refractivity contribution is 7.10. The summed E-state index contributed by atoms with van der Waals surface area (Å²) >= 11 is 1.73. The van der Waals surface area contributed by atoms with E-state index in [-0.39, 0.29) is 18.0 Å². The fourth-order valence-corrected chi connectivity index (χ4v) is 2.69.